The van der Waals surface area contributed by atoms with Crippen molar-refractivity contribution in [3.05, 3.63) is 29.8 Å². The number of sulfone groups is 1. The Labute approximate surface area is 165 Å². The summed E-state index contributed by atoms with van der Waals surface area (Å²) in [6.45, 7) is 5.24. The SMILES string of the molecule is CCN(C(=O)c1cccc(N2C(=O)C(C)(C)CS2(=O)=O)c1)[C@H]1CCS(=O)(=O)C1. The molecule has 0 aromatic heterocycles. The number of carbonyl (C=O) groups excluding carboxylic acids is 2. The molecule has 10 heteroatoms. The Morgan fingerprint density at radius 3 is 2.43 bits per heavy atom. The summed E-state index contributed by atoms with van der Waals surface area (Å²) in [5, 5.41) is 0. The minimum Gasteiger partial charge on any atom is -0.335 e. The standard InChI is InChI=1S/C18H24N2O6S2/c1-4-19(15-8-9-27(23,24)11-15)16(21)13-6-5-7-14(10-13)20-17(22)18(2,3)12-28(20,25)26/h5-7,10,15H,4,8-9,11-12H2,1-3H3/t15-/m0/s1. The Morgan fingerprint density at radius 2 is 1.93 bits per heavy atom. The Balaban J connectivity index is 1.93. The molecule has 1 atom stereocenters. The van der Waals surface area contributed by atoms with Crippen molar-refractivity contribution in [1.82, 2.24) is 4.90 Å². The van der Waals surface area contributed by atoms with E-state index in [0.717, 1.165) is 4.31 Å². The third kappa shape index (κ3) is 3.67. The largest absolute Gasteiger partial charge is 0.335 e. The number of sulfonamides is 1. The van der Waals surface area contributed by atoms with Gasteiger partial charge in [-0.3, -0.25) is 9.59 Å². The number of rotatable bonds is 4. The molecule has 3 rings (SSSR count). The summed E-state index contributed by atoms with van der Waals surface area (Å²) in [6.07, 6.45) is 0.384. The Morgan fingerprint density at radius 1 is 1.25 bits per heavy atom. The lowest BCUT2D eigenvalue weighted by Crippen LogP contribution is -2.41. The maximum absolute atomic E-state index is 13.0. The third-order valence-electron chi connectivity index (χ3n) is 5.16. The van der Waals surface area contributed by atoms with Gasteiger partial charge in [-0.15, -0.1) is 0 Å². The molecule has 2 heterocycles. The van der Waals surface area contributed by atoms with Crippen LogP contribution in [0.3, 0.4) is 0 Å². The average Bonchev–Trinajstić information content (AvgIpc) is 3.01. The van der Waals surface area contributed by atoms with Crippen LogP contribution < -0.4 is 4.31 Å². The van der Waals surface area contributed by atoms with Crippen molar-refractivity contribution in [3.63, 3.8) is 0 Å². The highest BCUT2D eigenvalue weighted by atomic mass is 32.2. The van der Waals surface area contributed by atoms with E-state index in [1.807, 2.05) is 0 Å². The van der Waals surface area contributed by atoms with Crippen molar-refractivity contribution in [1.29, 1.82) is 0 Å². The lowest BCUT2D eigenvalue weighted by atomic mass is 9.95. The van der Waals surface area contributed by atoms with Crippen molar-refractivity contribution in [2.45, 2.75) is 33.2 Å². The Hall–Kier alpha value is -1.94. The molecule has 0 N–H and O–H groups in total. The third-order valence-corrected chi connectivity index (χ3v) is 8.93. The van der Waals surface area contributed by atoms with Gasteiger partial charge >= 0.3 is 0 Å². The molecule has 1 aromatic carbocycles. The minimum absolute atomic E-state index is 0.0527. The second-order valence-corrected chi connectivity index (χ2v) is 12.0. The average molecular weight is 429 g/mol. The zero-order chi connectivity index (χ0) is 20.9. The van der Waals surface area contributed by atoms with Gasteiger partial charge in [0.1, 0.15) is 0 Å². The van der Waals surface area contributed by atoms with Crippen LogP contribution in [0, 0.1) is 5.41 Å². The first-order chi connectivity index (χ1) is 12.9. The molecular weight excluding hydrogens is 404 g/mol. The van der Waals surface area contributed by atoms with Gasteiger partial charge in [0.2, 0.25) is 15.9 Å². The normalized spacial score (nSPS) is 25.0. The van der Waals surface area contributed by atoms with Crippen molar-refractivity contribution in [3.8, 4) is 0 Å². The molecule has 2 aliphatic heterocycles. The molecule has 2 amide bonds. The van der Waals surface area contributed by atoms with Gasteiger partial charge in [-0.2, -0.15) is 0 Å². The van der Waals surface area contributed by atoms with Crippen LogP contribution in [0.2, 0.25) is 0 Å². The lowest BCUT2D eigenvalue weighted by molar-refractivity contribution is -0.123. The fourth-order valence-corrected chi connectivity index (χ4v) is 7.61. The van der Waals surface area contributed by atoms with Crippen LogP contribution in [0.5, 0.6) is 0 Å². The van der Waals surface area contributed by atoms with Gasteiger partial charge in [-0.1, -0.05) is 6.07 Å². The fraction of sp³-hybridized carbons (Fsp3) is 0.556. The highest BCUT2D eigenvalue weighted by Crippen LogP contribution is 2.36. The lowest BCUT2D eigenvalue weighted by Gasteiger charge is -2.27. The highest BCUT2D eigenvalue weighted by Gasteiger charge is 2.50. The van der Waals surface area contributed by atoms with E-state index < -0.39 is 37.2 Å². The summed E-state index contributed by atoms with van der Waals surface area (Å²) in [6, 6.07) is 5.52. The highest BCUT2D eigenvalue weighted by molar-refractivity contribution is 7.94. The zero-order valence-electron chi connectivity index (χ0n) is 16.1. The van der Waals surface area contributed by atoms with Crippen LogP contribution in [-0.2, 0) is 24.7 Å². The quantitative estimate of drug-likeness (QED) is 0.709. The van der Waals surface area contributed by atoms with Gasteiger partial charge in [0.05, 0.1) is 28.4 Å². The first-order valence-corrected chi connectivity index (χ1v) is 12.5. The van der Waals surface area contributed by atoms with Crippen LogP contribution >= 0.6 is 0 Å². The Bertz CT molecular complexity index is 1030. The molecule has 0 aliphatic carbocycles. The van der Waals surface area contributed by atoms with Crippen LogP contribution in [0.4, 0.5) is 5.69 Å². The summed E-state index contributed by atoms with van der Waals surface area (Å²) in [5.41, 5.74) is -0.695. The first-order valence-electron chi connectivity index (χ1n) is 9.07. The van der Waals surface area contributed by atoms with E-state index in [1.165, 1.54) is 29.2 Å². The molecule has 0 spiro atoms. The van der Waals surface area contributed by atoms with Gasteiger partial charge in [0.15, 0.2) is 9.84 Å². The number of amides is 2. The predicted octanol–water partition coefficient (Wildman–Crippen LogP) is 1.04. The van der Waals surface area contributed by atoms with E-state index in [-0.39, 0.29) is 34.4 Å². The summed E-state index contributed by atoms with van der Waals surface area (Å²) < 4.78 is 49.3. The maximum atomic E-state index is 13.0. The topological polar surface area (TPSA) is 109 Å². The van der Waals surface area contributed by atoms with Crippen molar-refractivity contribution in [2.75, 3.05) is 28.1 Å². The number of nitrogens with zero attached hydrogens (tertiary/aromatic N) is 2. The summed E-state index contributed by atoms with van der Waals surface area (Å²) in [4.78, 5) is 27.1. The number of hydrogen-bond acceptors (Lipinski definition) is 6. The smallest absolute Gasteiger partial charge is 0.254 e. The van der Waals surface area contributed by atoms with Crippen molar-refractivity contribution >= 4 is 37.4 Å². The molecule has 0 radical (unpaired) electrons. The second kappa shape index (κ2) is 6.84. The monoisotopic (exact) mass is 428 g/mol. The molecule has 154 valence electrons. The predicted molar refractivity (Wildman–Crippen MR) is 105 cm³/mol. The van der Waals surface area contributed by atoms with Gasteiger partial charge in [-0.25, -0.2) is 21.1 Å². The zero-order valence-corrected chi connectivity index (χ0v) is 17.7. The summed E-state index contributed by atoms with van der Waals surface area (Å²) >= 11 is 0. The van der Waals surface area contributed by atoms with E-state index in [1.54, 1.807) is 20.8 Å². The molecule has 0 unspecified atom stereocenters. The molecule has 2 aliphatic rings. The van der Waals surface area contributed by atoms with Crippen LogP contribution in [0.1, 0.15) is 37.6 Å². The van der Waals surface area contributed by atoms with E-state index in [2.05, 4.69) is 0 Å². The molecule has 8 nitrogen and oxygen atoms in total. The van der Waals surface area contributed by atoms with Crippen molar-refractivity contribution in [2.24, 2.45) is 5.41 Å². The van der Waals surface area contributed by atoms with E-state index in [9.17, 15) is 26.4 Å². The molecule has 2 saturated heterocycles. The Kier molecular flexibility index (Phi) is 5.08. The van der Waals surface area contributed by atoms with Gasteiger partial charge < -0.3 is 4.90 Å². The number of hydrogen-bond donors (Lipinski definition) is 0. The summed E-state index contributed by atoms with van der Waals surface area (Å²) in [5.74, 6) is -1.23. The van der Waals surface area contributed by atoms with E-state index >= 15 is 0 Å². The maximum Gasteiger partial charge on any atom is 0.254 e. The molecular formula is C18H24N2O6S2. The number of anilines is 1. The molecule has 0 saturated carbocycles. The van der Waals surface area contributed by atoms with Crippen LogP contribution in [-0.4, -0.2) is 63.4 Å². The second-order valence-electron chi connectivity index (χ2n) is 7.91. The van der Waals surface area contributed by atoms with Gasteiger partial charge in [-0.05, 0) is 45.4 Å². The number of carbonyl (C=O) groups is 2. The van der Waals surface area contributed by atoms with Crippen LogP contribution in [0.25, 0.3) is 0 Å². The molecule has 1 aromatic rings. The van der Waals surface area contributed by atoms with E-state index in [0.29, 0.717) is 13.0 Å². The van der Waals surface area contributed by atoms with Gasteiger partial charge in [0.25, 0.3) is 5.91 Å². The minimum atomic E-state index is -3.82. The van der Waals surface area contributed by atoms with Crippen LogP contribution in [0.15, 0.2) is 24.3 Å². The number of benzene rings is 1. The summed E-state index contributed by atoms with van der Waals surface area (Å²) in [7, 11) is -6.97. The molecule has 28 heavy (non-hydrogen) atoms. The molecule has 0 bridgehead atoms. The first kappa shape index (κ1) is 20.8. The van der Waals surface area contributed by atoms with Gasteiger partial charge in [0, 0.05) is 18.2 Å². The van der Waals surface area contributed by atoms with Crippen molar-refractivity contribution < 1.29 is 26.4 Å². The molecule has 2 fully saturated rings. The van der Waals surface area contributed by atoms with E-state index in [4.69, 9.17) is 0 Å². The fourth-order valence-electron chi connectivity index (χ4n) is 3.78.